The number of rotatable bonds is 6. The van der Waals surface area contributed by atoms with Crippen LogP contribution < -0.4 is 5.56 Å². The summed E-state index contributed by atoms with van der Waals surface area (Å²) < 4.78 is 1.61. The summed E-state index contributed by atoms with van der Waals surface area (Å²) in [4.78, 5) is 28.3. The molecule has 108 valence electrons. The zero-order chi connectivity index (χ0) is 14.7. The first-order valence-corrected chi connectivity index (χ1v) is 8.22. The first-order chi connectivity index (χ1) is 9.52. The van der Waals surface area contributed by atoms with E-state index in [9.17, 15) is 9.59 Å². The molecule has 0 amide bonds. The molecule has 2 rings (SSSR count). The minimum Gasteiger partial charge on any atom is -0.481 e. The third kappa shape index (κ3) is 3.21. The Hall–Kier alpha value is -1.34. The van der Waals surface area contributed by atoms with E-state index in [1.54, 1.807) is 10.6 Å². The number of fused-ring (bicyclic) bond motifs is 1. The molecule has 0 saturated heterocycles. The van der Waals surface area contributed by atoms with Crippen molar-refractivity contribution in [2.24, 2.45) is 5.92 Å². The van der Waals surface area contributed by atoms with E-state index in [1.807, 2.05) is 5.38 Å². The van der Waals surface area contributed by atoms with Crippen LogP contribution in [0, 0.1) is 5.92 Å². The molecule has 0 spiro atoms. The molecule has 0 aromatic carbocycles. The third-order valence-corrected chi connectivity index (χ3v) is 4.83. The van der Waals surface area contributed by atoms with Gasteiger partial charge in [0.25, 0.3) is 5.56 Å². The molecule has 2 aromatic heterocycles. The minimum atomic E-state index is -0.911. The van der Waals surface area contributed by atoms with Crippen LogP contribution in [-0.4, -0.2) is 26.4 Å². The fourth-order valence-corrected chi connectivity index (χ4v) is 3.30. The van der Waals surface area contributed by atoms with E-state index in [0.717, 1.165) is 18.2 Å². The van der Waals surface area contributed by atoms with Crippen molar-refractivity contribution >= 4 is 39.3 Å². The monoisotopic (exact) mass is 312 g/mol. The molecular weight excluding hydrogens is 296 g/mol. The van der Waals surface area contributed by atoms with Crippen LogP contribution in [0.2, 0.25) is 0 Å². The summed E-state index contributed by atoms with van der Waals surface area (Å²) in [7, 11) is 0. The molecule has 0 aliphatic heterocycles. The number of aromatic nitrogens is 2. The number of carbonyl (C=O) groups is 1. The normalized spacial score (nSPS) is 12.7. The van der Waals surface area contributed by atoms with Crippen LogP contribution >= 0.6 is 23.1 Å². The van der Waals surface area contributed by atoms with Crippen molar-refractivity contribution in [3.8, 4) is 0 Å². The summed E-state index contributed by atoms with van der Waals surface area (Å²) in [5.41, 5.74) is -0.0792. The molecule has 7 heteroatoms. The van der Waals surface area contributed by atoms with Crippen molar-refractivity contribution in [1.82, 2.24) is 9.55 Å². The van der Waals surface area contributed by atoms with Gasteiger partial charge >= 0.3 is 5.97 Å². The Morgan fingerprint density at radius 3 is 3.00 bits per heavy atom. The largest absolute Gasteiger partial charge is 0.481 e. The predicted molar refractivity (Wildman–Crippen MR) is 81.7 cm³/mol. The van der Waals surface area contributed by atoms with Crippen molar-refractivity contribution in [1.29, 1.82) is 0 Å². The van der Waals surface area contributed by atoms with E-state index >= 15 is 0 Å². The van der Waals surface area contributed by atoms with E-state index in [2.05, 4.69) is 18.8 Å². The van der Waals surface area contributed by atoms with Gasteiger partial charge in [0, 0.05) is 6.54 Å². The lowest BCUT2D eigenvalue weighted by Crippen LogP contribution is -2.25. The van der Waals surface area contributed by atoms with Crippen LogP contribution in [0.15, 0.2) is 21.4 Å². The topological polar surface area (TPSA) is 72.2 Å². The van der Waals surface area contributed by atoms with Crippen LogP contribution in [0.1, 0.15) is 20.3 Å². The smallest absolute Gasteiger partial charge is 0.313 e. The fraction of sp³-hybridized carbons (Fsp3) is 0.462. The van der Waals surface area contributed by atoms with E-state index in [4.69, 9.17) is 5.11 Å². The maximum Gasteiger partial charge on any atom is 0.313 e. The molecule has 0 fully saturated rings. The second-order valence-corrected chi connectivity index (χ2v) is 6.48. The lowest BCUT2D eigenvalue weighted by molar-refractivity contribution is -0.133. The van der Waals surface area contributed by atoms with Gasteiger partial charge in [0.2, 0.25) is 0 Å². The zero-order valence-corrected chi connectivity index (χ0v) is 13.0. The minimum absolute atomic E-state index is 0.0792. The van der Waals surface area contributed by atoms with Crippen molar-refractivity contribution in [3.63, 3.8) is 0 Å². The standard InChI is InChI=1S/C13H16N2O3S2/c1-3-8(2)6-15-12(18)9-4-5-19-11(9)14-13(15)20-7-10(16)17/h4-5,8H,3,6-7H2,1-2H3,(H,16,17). The first-order valence-electron chi connectivity index (χ1n) is 6.35. The van der Waals surface area contributed by atoms with E-state index in [0.29, 0.717) is 27.8 Å². The Labute approximate surface area is 124 Å². The molecule has 0 aliphatic carbocycles. The van der Waals surface area contributed by atoms with Crippen LogP contribution in [0.3, 0.4) is 0 Å². The number of carboxylic acid groups (broad SMARTS) is 1. The number of nitrogens with zero attached hydrogens (tertiary/aromatic N) is 2. The summed E-state index contributed by atoms with van der Waals surface area (Å²) in [5.74, 6) is -0.663. The Morgan fingerprint density at radius 1 is 1.60 bits per heavy atom. The van der Waals surface area contributed by atoms with Crippen LogP contribution in [0.4, 0.5) is 0 Å². The number of thioether (sulfide) groups is 1. The van der Waals surface area contributed by atoms with Crippen LogP contribution in [0.25, 0.3) is 10.2 Å². The van der Waals surface area contributed by atoms with Gasteiger partial charge in [-0.2, -0.15) is 0 Å². The second kappa shape index (κ2) is 6.41. The molecule has 0 radical (unpaired) electrons. The molecule has 0 saturated carbocycles. The molecular formula is C13H16N2O3S2. The SMILES string of the molecule is CCC(C)Cn1c(SCC(=O)O)nc2sccc2c1=O. The highest BCUT2D eigenvalue weighted by Gasteiger charge is 2.15. The summed E-state index contributed by atoms with van der Waals surface area (Å²) in [6, 6.07) is 1.77. The molecule has 5 nitrogen and oxygen atoms in total. The molecule has 2 aromatic rings. The second-order valence-electron chi connectivity index (χ2n) is 4.65. The van der Waals surface area contributed by atoms with Gasteiger partial charge in [-0.15, -0.1) is 11.3 Å². The third-order valence-electron chi connectivity index (χ3n) is 3.06. The molecule has 1 N–H and O–H groups in total. The van der Waals surface area contributed by atoms with Gasteiger partial charge in [-0.05, 0) is 17.4 Å². The Balaban J connectivity index is 2.47. The van der Waals surface area contributed by atoms with Gasteiger partial charge < -0.3 is 5.11 Å². The summed E-state index contributed by atoms with van der Waals surface area (Å²) in [5, 5.41) is 11.7. The number of thiophene rings is 1. The molecule has 2 heterocycles. The van der Waals surface area contributed by atoms with Gasteiger partial charge in [-0.3, -0.25) is 14.2 Å². The highest BCUT2D eigenvalue weighted by atomic mass is 32.2. The van der Waals surface area contributed by atoms with Gasteiger partial charge in [0.1, 0.15) is 4.83 Å². The summed E-state index contributed by atoms with van der Waals surface area (Å²) in [6.07, 6.45) is 0.956. The Morgan fingerprint density at radius 2 is 2.35 bits per heavy atom. The maximum absolute atomic E-state index is 12.5. The van der Waals surface area contributed by atoms with Gasteiger partial charge in [0.05, 0.1) is 11.1 Å². The predicted octanol–water partition coefficient (Wildman–Crippen LogP) is 2.68. The van der Waals surface area contributed by atoms with Crippen molar-refractivity contribution in [3.05, 3.63) is 21.8 Å². The van der Waals surface area contributed by atoms with Crippen molar-refractivity contribution in [2.45, 2.75) is 32.0 Å². The zero-order valence-electron chi connectivity index (χ0n) is 11.3. The molecule has 0 aliphatic rings. The van der Waals surface area contributed by atoms with Crippen molar-refractivity contribution in [2.75, 3.05) is 5.75 Å². The number of hydrogen-bond acceptors (Lipinski definition) is 5. The maximum atomic E-state index is 12.5. The average Bonchev–Trinajstić information content (AvgIpc) is 2.88. The molecule has 1 atom stereocenters. The molecule has 20 heavy (non-hydrogen) atoms. The molecule has 0 bridgehead atoms. The quantitative estimate of drug-likeness (QED) is 0.656. The highest BCUT2D eigenvalue weighted by Crippen LogP contribution is 2.22. The van der Waals surface area contributed by atoms with Crippen LogP contribution in [0.5, 0.6) is 0 Å². The number of hydrogen-bond donors (Lipinski definition) is 1. The average molecular weight is 312 g/mol. The number of aliphatic carboxylic acids is 1. The van der Waals surface area contributed by atoms with Crippen molar-refractivity contribution < 1.29 is 9.90 Å². The van der Waals surface area contributed by atoms with Crippen LogP contribution in [-0.2, 0) is 11.3 Å². The fourth-order valence-electron chi connectivity index (χ4n) is 1.77. The lowest BCUT2D eigenvalue weighted by atomic mass is 10.1. The van der Waals surface area contributed by atoms with E-state index < -0.39 is 5.97 Å². The van der Waals surface area contributed by atoms with Gasteiger partial charge in [0.15, 0.2) is 5.16 Å². The van der Waals surface area contributed by atoms with E-state index in [-0.39, 0.29) is 11.3 Å². The number of carboxylic acids is 1. The summed E-state index contributed by atoms with van der Waals surface area (Å²) >= 11 is 2.50. The van der Waals surface area contributed by atoms with Gasteiger partial charge in [-0.1, -0.05) is 32.0 Å². The Bertz CT molecular complexity index is 678. The summed E-state index contributed by atoms with van der Waals surface area (Å²) in [6.45, 7) is 4.70. The molecule has 1 unspecified atom stereocenters. The first kappa shape index (κ1) is 15.1. The lowest BCUT2D eigenvalue weighted by Gasteiger charge is -2.14. The highest BCUT2D eigenvalue weighted by molar-refractivity contribution is 7.99. The van der Waals surface area contributed by atoms with Gasteiger partial charge in [-0.25, -0.2) is 4.98 Å². The Kier molecular flexibility index (Phi) is 4.82. The van der Waals surface area contributed by atoms with E-state index in [1.165, 1.54) is 11.3 Å².